The van der Waals surface area contributed by atoms with E-state index in [1.807, 2.05) is 18.7 Å². The Morgan fingerprint density at radius 2 is 1.79 bits per heavy atom. The highest BCUT2D eigenvalue weighted by atomic mass is 35.5. The van der Waals surface area contributed by atoms with Gasteiger partial charge in [-0.15, -0.1) is 24.8 Å². The van der Waals surface area contributed by atoms with Crippen LogP contribution in [-0.2, 0) is 9.53 Å². The molecule has 3 rings (SSSR count). The first-order chi connectivity index (χ1) is 12.4. The van der Waals surface area contributed by atoms with Crippen LogP contribution in [0.4, 0.5) is 0 Å². The normalized spacial score (nSPS) is 31.6. The summed E-state index contributed by atoms with van der Waals surface area (Å²) in [6.07, 6.45) is 6.94. The fourth-order valence-electron chi connectivity index (χ4n) is 5.08. The largest absolute Gasteiger partial charge is 0.378 e. The molecule has 2 unspecified atom stereocenters. The maximum absolute atomic E-state index is 13.1. The van der Waals surface area contributed by atoms with Crippen molar-refractivity contribution in [2.24, 2.45) is 11.1 Å². The van der Waals surface area contributed by atoms with Crippen molar-refractivity contribution in [3.8, 4) is 0 Å². The molecule has 8 heteroatoms. The van der Waals surface area contributed by atoms with Crippen LogP contribution in [0, 0.1) is 5.41 Å². The predicted octanol–water partition coefficient (Wildman–Crippen LogP) is 3.23. The summed E-state index contributed by atoms with van der Waals surface area (Å²) in [6.45, 7) is 9.82. The molecule has 0 aromatic carbocycles. The van der Waals surface area contributed by atoms with E-state index in [-0.39, 0.29) is 47.8 Å². The zero-order valence-corrected chi connectivity index (χ0v) is 20.1. The number of nitrogens with one attached hydrogen (secondary N) is 1. The molecule has 28 heavy (non-hydrogen) atoms. The van der Waals surface area contributed by atoms with E-state index in [1.165, 1.54) is 43.6 Å². The Morgan fingerprint density at radius 1 is 1.18 bits per heavy atom. The van der Waals surface area contributed by atoms with Gasteiger partial charge in [-0.05, 0) is 19.8 Å². The molecule has 1 heterocycles. The number of nitrogens with two attached hydrogens (primary N) is 1. The molecule has 3 N–H and O–H groups in total. The van der Waals surface area contributed by atoms with Crippen LogP contribution in [0.25, 0.3) is 0 Å². The van der Waals surface area contributed by atoms with Crippen molar-refractivity contribution in [1.82, 2.24) is 10.2 Å². The minimum absolute atomic E-state index is 0. The quantitative estimate of drug-likeness (QED) is 0.643. The average molecular weight is 457 g/mol. The smallest absolute Gasteiger partial charge is 0.240 e. The number of carbonyl (C=O) groups excluding carboxylic acids is 1. The minimum atomic E-state index is -0.819. The minimum Gasteiger partial charge on any atom is -0.378 e. The van der Waals surface area contributed by atoms with Crippen LogP contribution in [0.2, 0.25) is 0 Å². The van der Waals surface area contributed by atoms with Crippen molar-refractivity contribution < 1.29 is 9.53 Å². The number of carbonyl (C=O) groups is 1. The monoisotopic (exact) mass is 455 g/mol. The summed E-state index contributed by atoms with van der Waals surface area (Å²) in [5.74, 6) is 2.42. The van der Waals surface area contributed by atoms with Gasteiger partial charge in [0.25, 0.3) is 0 Å². The van der Waals surface area contributed by atoms with E-state index >= 15 is 0 Å². The molecule has 3 fully saturated rings. The van der Waals surface area contributed by atoms with Gasteiger partial charge in [-0.1, -0.05) is 33.1 Å². The van der Waals surface area contributed by atoms with Gasteiger partial charge in [0.05, 0.1) is 6.10 Å². The Bertz CT molecular complexity index is 512. The number of thioether (sulfide) groups is 1. The molecule has 3 aliphatic rings. The van der Waals surface area contributed by atoms with Gasteiger partial charge in [0.2, 0.25) is 5.91 Å². The molecule has 1 aliphatic heterocycles. The molecule has 2 aliphatic carbocycles. The number of halogens is 2. The van der Waals surface area contributed by atoms with Crippen LogP contribution in [-0.4, -0.2) is 65.7 Å². The molecule has 1 saturated heterocycles. The highest BCUT2D eigenvalue weighted by Gasteiger charge is 2.63. The van der Waals surface area contributed by atoms with Crippen LogP contribution in [0.5, 0.6) is 0 Å². The lowest BCUT2D eigenvalue weighted by atomic mass is 9.54. The number of rotatable bonds is 6. The van der Waals surface area contributed by atoms with Crippen molar-refractivity contribution in [3.05, 3.63) is 0 Å². The van der Waals surface area contributed by atoms with Crippen LogP contribution in [0.1, 0.15) is 59.3 Å². The third kappa shape index (κ3) is 4.78. The topological polar surface area (TPSA) is 67.6 Å². The summed E-state index contributed by atoms with van der Waals surface area (Å²) in [6, 6.07) is 0. The summed E-state index contributed by atoms with van der Waals surface area (Å²) in [5, 5.41) is 3.28. The Kier molecular flexibility index (Phi) is 9.91. The predicted molar refractivity (Wildman–Crippen MR) is 123 cm³/mol. The Morgan fingerprint density at radius 3 is 2.32 bits per heavy atom. The summed E-state index contributed by atoms with van der Waals surface area (Å²) in [5.41, 5.74) is 5.57. The van der Waals surface area contributed by atoms with E-state index in [0.717, 1.165) is 19.6 Å². The standard InChI is InChI=1S/C20H37N3O2S.2ClH/c1-4-25-16-14-20(21,18(16,2)3)17(24)22-15-19(8-6-5-7-9-19)23-10-12-26-13-11-23;;/h16H,4-15,21H2,1-3H3,(H,22,24);2*1H. The molecular weight excluding hydrogens is 417 g/mol. The SMILES string of the molecule is CCOC1CC(N)(C(=O)NCC2(N3CCSCC3)CCCCC2)C1(C)C.Cl.Cl. The molecule has 2 saturated carbocycles. The van der Waals surface area contributed by atoms with Gasteiger partial charge in [0.15, 0.2) is 0 Å². The van der Waals surface area contributed by atoms with Crippen molar-refractivity contribution in [3.63, 3.8) is 0 Å². The number of amides is 1. The maximum Gasteiger partial charge on any atom is 0.240 e. The van der Waals surface area contributed by atoms with Gasteiger partial charge >= 0.3 is 0 Å². The van der Waals surface area contributed by atoms with Gasteiger partial charge in [0, 0.05) is 55.1 Å². The molecule has 166 valence electrons. The third-order valence-corrected chi connectivity index (χ3v) is 8.22. The van der Waals surface area contributed by atoms with Gasteiger partial charge < -0.3 is 15.8 Å². The third-order valence-electron chi connectivity index (χ3n) is 7.28. The van der Waals surface area contributed by atoms with Crippen molar-refractivity contribution in [2.45, 2.75) is 76.5 Å². The summed E-state index contributed by atoms with van der Waals surface area (Å²) in [4.78, 5) is 15.7. The van der Waals surface area contributed by atoms with E-state index in [1.54, 1.807) is 0 Å². The highest BCUT2D eigenvalue weighted by molar-refractivity contribution is 7.99. The van der Waals surface area contributed by atoms with Gasteiger partial charge in [-0.25, -0.2) is 0 Å². The van der Waals surface area contributed by atoms with Gasteiger partial charge in [0.1, 0.15) is 5.54 Å². The molecule has 0 spiro atoms. The zero-order valence-electron chi connectivity index (χ0n) is 17.6. The van der Waals surface area contributed by atoms with E-state index in [2.05, 4.69) is 24.1 Å². The highest BCUT2D eigenvalue weighted by Crippen LogP contribution is 2.50. The van der Waals surface area contributed by atoms with Gasteiger partial charge in [-0.3, -0.25) is 9.69 Å². The molecule has 1 amide bonds. The fraction of sp³-hybridized carbons (Fsp3) is 0.950. The first kappa shape index (κ1) is 26.3. The fourth-order valence-corrected chi connectivity index (χ4v) is 5.98. The molecule has 0 aromatic heterocycles. The van der Waals surface area contributed by atoms with Gasteiger partial charge in [-0.2, -0.15) is 11.8 Å². The van der Waals surface area contributed by atoms with Crippen LogP contribution < -0.4 is 11.1 Å². The maximum atomic E-state index is 13.1. The molecule has 0 aromatic rings. The van der Waals surface area contributed by atoms with Crippen molar-refractivity contribution in [2.75, 3.05) is 37.7 Å². The average Bonchev–Trinajstić information content (AvgIpc) is 2.67. The lowest BCUT2D eigenvalue weighted by molar-refractivity contribution is -0.171. The second kappa shape index (κ2) is 10.5. The van der Waals surface area contributed by atoms with E-state index < -0.39 is 5.54 Å². The first-order valence-electron chi connectivity index (χ1n) is 10.4. The summed E-state index contributed by atoms with van der Waals surface area (Å²) >= 11 is 2.04. The second-order valence-corrected chi connectivity index (χ2v) is 10.1. The summed E-state index contributed by atoms with van der Waals surface area (Å²) < 4.78 is 5.78. The van der Waals surface area contributed by atoms with Crippen LogP contribution >= 0.6 is 36.6 Å². The molecule has 0 bridgehead atoms. The van der Waals surface area contributed by atoms with Crippen molar-refractivity contribution in [1.29, 1.82) is 0 Å². The number of nitrogens with zero attached hydrogens (tertiary/aromatic N) is 1. The molecule has 5 nitrogen and oxygen atoms in total. The van der Waals surface area contributed by atoms with E-state index in [0.29, 0.717) is 13.0 Å². The second-order valence-electron chi connectivity index (χ2n) is 8.91. The zero-order chi connectivity index (χ0) is 18.8. The van der Waals surface area contributed by atoms with Crippen molar-refractivity contribution >= 4 is 42.5 Å². The van der Waals surface area contributed by atoms with E-state index in [9.17, 15) is 4.79 Å². The Labute approximate surface area is 187 Å². The first-order valence-corrected chi connectivity index (χ1v) is 11.5. The number of ether oxygens (including phenoxy) is 1. The molecule has 0 radical (unpaired) electrons. The summed E-state index contributed by atoms with van der Waals surface area (Å²) in [7, 11) is 0. The van der Waals surface area contributed by atoms with Crippen LogP contribution in [0.15, 0.2) is 0 Å². The van der Waals surface area contributed by atoms with Crippen LogP contribution in [0.3, 0.4) is 0 Å². The lowest BCUT2D eigenvalue weighted by Gasteiger charge is -2.58. The molecular formula is C20H39Cl2N3O2S. The Hall–Kier alpha value is 0.280. The number of hydrogen-bond acceptors (Lipinski definition) is 5. The number of hydrogen-bond donors (Lipinski definition) is 2. The lowest BCUT2D eigenvalue weighted by Crippen LogP contribution is -2.76. The Balaban J connectivity index is 0.00000196. The van der Waals surface area contributed by atoms with E-state index in [4.69, 9.17) is 10.5 Å². The molecule has 2 atom stereocenters.